The van der Waals surface area contributed by atoms with Gasteiger partial charge in [-0.2, -0.15) is 0 Å². The molecule has 0 radical (unpaired) electrons. The van der Waals surface area contributed by atoms with Crippen molar-refractivity contribution in [3.05, 3.63) is 29.3 Å². The van der Waals surface area contributed by atoms with E-state index in [1.807, 2.05) is 40.8 Å². The monoisotopic (exact) mass is 350 g/mol. The van der Waals surface area contributed by atoms with Crippen LogP contribution >= 0.6 is 23.4 Å². The number of amides is 1. The topological polar surface area (TPSA) is 51.0 Å². The minimum absolute atomic E-state index is 0.186. The molecule has 0 bridgehead atoms. The third kappa shape index (κ3) is 3.87. The third-order valence-corrected chi connectivity index (χ3v) is 5.23. The van der Waals surface area contributed by atoms with E-state index >= 15 is 0 Å². The smallest absolute Gasteiger partial charge is 0.233 e. The molecular weight excluding hydrogens is 332 g/mol. The zero-order chi connectivity index (χ0) is 16.2. The third-order valence-electron chi connectivity index (χ3n) is 3.97. The maximum Gasteiger partial charge on any atom is 0.233 e. The van der Waals surface area contributed by atoms with Crippen molar-refractivity contribution in [1.82, 2.24) is 19.7 Å². The van der Waals surface area contributed by atoms with Gasteiger partial charge < -0.3 is 9.47 Å². The first-order valence-electron chi connectivity index (χ1n) is 7.71. The minimum Gasteiger partial charge on any atom is -0.342 e. The van der Waals surface area contributed by atoms with Crippen LogP contribution in [0.3, 0.4) is 0 Å². The summed E-state index contributed by atoms with van der Waals surface area (Å²) in [5.74, 6) is 1.37. The first-order valence-corrected chi connectivity index (χ1v) is 9.07. The summed E-state index contributed by atoms with van der Waals surface area (Å²) in [6, 6.07) is 7.50. The molecule has 122 valence electrons. The summed E-state index contributed by atoms with van der Waals surface area (Å²) in [7, 11) is 1.91. The van der Waals surface area contributed by atoms with Crippen molar-refractivity contribution in [2.24, 2.45) is 7.05 Å². The molecule has 1 aromatic heterocycles. The molecule has 0 atom stereocenters. The van der Waals surface area contributed by atoms with Gasteiger partial charge in [0.1, 0.15) is 0 Å². The predicted molar refractivity (Wildman–Crippen MR) is 92.6 cm³/mol. The molecule has 1 amide bonds. The highest BCUT2D eigenvalue weighted by Gasteiger charge is 2.18. The lowest BCUT2D eigenvalue weighted by Crippen LogP contribution is -2.36. The van der Waals surface area contributed by atoms with E-state index in [1.54, 1.807) is 0 Å². The summed E-state index contributed by atoms with van der Waals surface area (Å²) in [5.41, 5.74) is 0.957. The van der Waals surface area contributed by atoms with Gasteiger partial charge >= 0.3 is 0 Å². The van der Waals surface area contributed by atoms with E-state index in [2.05, 4.69) is 10.2 Å². The standard InChI is InChI=1S/C16H19ClN4OS/c1-20-15(12-5-7-13(17)8-6-12)18-19-16(20)23-11-14(22)21-9-3-2-4-10-21/h5-8H,2-4,9-11H2,1H3. The van der Waals surface area contributed by atoms with Crippen LogP contribution in [0.1, 0.15) is 19.3 Å². The molecule has 0 saturated carbocycles. The lowest BCUT2D eigenvalue weighted by molar-refractivity contribution is -0.129. The lowest BCUT2D eigenvalue weighted by atomic mass is 10.1. The van der Waals surface area contributed by atoms with Crippen molar-refractivity contribution in [3.8, 4) is 11.4 Å². The number of hydrogen-bond acceptors (Lipinski definition) is 4. The minimum atomic E-state index is 0.186. The van der Waals surface area contributed by atoms with Gasteiger partial charge in [-0.25, -0.2) is 0 Å². The van der Waals surface area contributed by atoms with Gasteiger partial charge in [-0.05, 0) is 43.5 Å². The molecule has 2 heterocycles. The Morgan fingerprint density at radius 2 is 1.87 bits per heavy atom. The number of carbonyl (C=O) groups excluding carboxylic acids is 1. The first-order chi connectivity index (χ1) is 11.1. The number of hydrogen-bond donors (Lipinski definition) is 0. The molecule has 1 fully saturated rings. The van der Waals surface area contributed by atoms with Crippen molar-refractivity contribution in [3.63, 3.8) is 0 Å². The number of thioether (sulfide) groups is 1. The first kappa shape index (κ1) is 16.3. The second kappa shape index (κ2) is 7.36. The van der Waals surface area contributed by atoms with Crippen molar-refractivity contribution in [2.45, 2.75) is 24.4 Å². The Morgan fingerprint density at radius 3 is 2.57 bits per heavy atom. The Hall–Kier alpha value is -1.53. The molecular formula is C16H19ClN4OS. The van der Waals surface area contributed by atoms with Gasteiger partial charge in [-0.1, -0.05) is 23.4 Å². The van der Waals surface area contributed by atoms with Gasteiger partial charge in [0.15, 0.2) is 11.0 Å². The fourth-order valence-corrected chi connectivity index (χ4v) is 3.59. The largest absolute Gasteiger partial charge is 0.342 e. The molecule has 0 spiro atoms. The number of piperidine rings is 1. The SMILES string of the molecule is Cn1c(SCC(=O)N2CCCCC2)nnc1-c1ccc(Cl)cc1. The molecule has 1 aromatic carbocycles. The van der Waals surface area contributed by atoms with E-state index in [0.29, 0.717) is 10.8 Å². The highest BCUT2D eigenvalue weighted by molar-refractivity contribution is 7.99. The number of rotatable bonds is 4. The molecule has 7 heteroatoms. The second-order valence-electron chi connectivity index (χ2n) is 5.60. The van der Waals surface area contributed by atoms with Crippen molar-refractivity contribution in [2.75, 3.05) is 18.8 Å². The summed E-state index contributed by atoms with van der Waals surface area (Å²) in [4.78, 5) is 14.2. The Balaban J connectivity index is 1.65. The second-order valence-corrected chi connectivity index (χ2v) is 6.98. The molecule has 0 aliphatic carbocycles. The molecule has 1 saturated heterocycles. The van der Waals surface area contributed by atoms with Crippen LogP contribution in [0.25, 0.3) is 11.4 Å². The number of halogens is 1. The number of nitrogens with zero attached hydrogens (tertiary/aromatic N) is 4. The summed E-state index contributed by atoms with van der Waals surface area (Å²) in [6.07, 6.45) is 3.45. The molecule has 23 heavy (non-hydrogen) atoms. The molecule has 5 nitrogen and oxygen atoms in total. The number of carbonyl (C=O) groups is 1. The Morgan fingerprint density at radius 1 is 1.17 bits per heavy atom. The van der Waals surface area contributed by atoms with Crippen molar-refractivity contribution >= 4 is 29.3 Å². The average molecular weight is 351 g/mol. The number of likely N-dealkylation sites (tertiary alicyclic amines) is 1. The van der Waals surface area contributed by atoms with Crippen LogP contribution in [0.15, 0.2) is 29.4 Å². The van der Waals surface area contributed by atoms with Crippen LogP contribution in [0.5, 0.6) is 0 Å². The number of aromatic nitrogens is 3. The molecule has 3 rings (SSSR count). The molecule has 2 aromatic rings. The van der Waals surface area contributed by atoms with Gasteiger partial charge in [-0.15, -0.1) is 10.2 Å². The van der Waals surface area contributed by atoms with Crippen LogP contribution in [-0.2, 0) is 11.8 Å². The fraction of sp³-hybridized carbons (Fsp3) is 0.438. The highest BCUT2D eigenvalue weighted by Crippen LogP contribution is 2.24. The van der Waals surface area contributed by atoms with Crippen molar-refractivity contribution < 1.29 is 4.79 Å². The van der Waals surface area contributed by atoms with Crippen molar-refractivity contribution in [1.29, 1.82) is 0 Å². The highest BCUT2D eigenvalue weighted by atomic mass is 35.5. The summed E-state index contributed by atoms with van der Waals surface area (Å²) in [6.45, 7) is 1.77. The summed E-state index contributed by atoms with van der Waals surface area (Å²) >= 11 is 7.35. The van der Waals surface area contributed by atoms with E-state index in [9.17, 15) is 4.79 Å². The maximum absolute atomic E-state index is 12.2. The molecule has 1 aliphatic rings. The Labute approximate surface area is 145 Å². The predicted octanol–water partition coefficient (Wildman–Crippen LogP) is 3.24. The zero-order valence-corrected chi connectivity index (χ0v) is 14.6. The number of benzene rings is 1. The molecule has 0 N–H and O–H groups in total. The molecule has 0 unspecified atom stereocenters. The Bertz CT molecular complexity index is 680. The van der Waals surface area contributed by atoms with E-state index in [4.69, 9.17) is 11.6 Å². The van der Waals surface area contributed by atoms with Crippen LogP contribution in [0.4, 0.5) is 0 Å². The van der Waals surface area contributed by atoms with E-state index in [1.165, 1.54) is 18.2 Å². The summed E-state index contributed by atoms with van der Waals surface area (Å²) in [5, 5.41) is 9.88. The Kier molecular flexibility index (Phi) is 5.23. The van der Waals surface area contributed by atoms with Gasteiger partial charge in [0.25, 0.3) is 0 Å². The van der Waals surface area contributed by atoms with Crippen LogP contribution in [0.2, 0.25) is 5.02 Å². The van der Waals surface area contributed by atoms with Gasteiger partial charge in [-0.3, -0.25) is 4.79 Å². The van der Waals surface area contributed by atoms with Crippen LogP contribution in [-0.4, -0.2) is 44.4 Å². The van der Waals surface area contributed by atoms with E-state index in [0.717, 1.165) is 42.5 Å². The van der Waals surface area contributed by atoms with Crippen LogP contribution < -0.4 is 0 Å². The fourth-order valence-electron chi connectivity index (χ4n) is 2.65. The van der Waals surface area contributed by atoms with Gasteiger partial charge in [0.05, 0.1) is 5.75 Å². The van der Waals surface area contributed by atoms with Crippen LogP contribution in [0, 0.1) is 0 Å². The van der Waals surface area contributed by atoms with Gasteiger partial charge in [0, 0.05) is 30.7 Å². The quantitative estimate of drug-likeness (QED) is 0.794. The maximum atomic E-state index is 12.2. The lowest BCUT2D eigenvalue weighted by Gasteiger charge is -2.26. The van der Waals surface area contributed by atoms with E-state index < -0.39 is 0 Å². The average Bonchev–Trinajstić information content (AvgIpc) is 2.95. The zero-order valence-electron chi connectivity index (χ0n) is 13.0. The summed E-state index contributed by atoms with van der Waals surface area (Å²) < 4.78 is 1.91. The normalized spacial score (nSPS) is 15.0. The van der Waals surface area contributed by atoms with Gasteiger partial charge in [0.2, 0.25) is 5.91 Å². The molecule has 1 aliphatic heterocycles. The van der Waals surface area contributed by atoms with E-state index in [-0.39, 0.29) is 5.91 Å².